The van der Waals surface area contributed by atoms with Gasteiger partial charge in [-0.05, 0) is 28.7 Å². The van der Waals surface area contributed by atoms with Crippen LogP contribution in [0.15, 0.2) is 24.3 Å². The highest BCUT2D eigenvalue weighted by atomic mass is 127. The molecule has 0 radical (unpaired) electrons. The summed E-state index contributed by atoms with van der Waals surface area (Å²) in [7, 11) is 1.83. The number of carbonyl (C=O) groups is 1. The molecule has 1 aliphatic heterocycles. The Kier molecular flexibility index (Phi) is 2.73. The molecular formula is C10H11IN2O. The summed E-state index contributed by atoms with van der Waals surface area (Å²) in [4.78, 5) is 13.1. The molecule has 1 aromatic rings. The Balaban J connectivity index is 2.32. The fourth-order valence-electron chi connectivity index (χ4n) is 1.61. The largest absolute Gasteiger partial charge is 0.325 e. The molecule has 2 rings (SSSR count). The molecule has 4 heteroatoms. The van der Waals surface area contributed by atoms with Gasteiger partial charge in [0.1, 0.15) is 6.17 Å². The molecule has 1 amide bonds. The smallest absolute Gasteiger partial charge is 0.237 e. The number of hydrogen-bond donors (Lipinski definition) is 1. The van der Waals surface area contributed by atoms with E-state index < -0.39 is 0 Å². The number of hydrogen-bond acceptors (Lipinski definition) is 2. The van der Waals surface area contributed by atoms with Crippen molar-refractivity contribution in [3.05, 3.63) is 33.4 Å². The van der Waals surface area contributed by atoms with Crippen molar-refractivity contribution in [3.63, 3.8) is 0 Å². The second-order valence-corrected chi connectivity index (χ2v) is 4.47. The highest BCUT2D eigenvalue weighted by Crippen LogP contribution is 2.24. The number of amides is 1. The molecule has 1 N–H and O–H groups in total. The van der Waals surface area contributed by atoms with Gasteiger partial charge < -0.3 is 4.90 Å². The van der Waals surface area contributed by atoms with Gasteiger partial charge in [0.05, 0.1) is 6.54 Å². The van der Waals surface area contributed by atoms with Crippen molar-refractivity contribution in [1.82, 2.24) is 10.2 Å². The molecule has 3 nitrogen and oxygen atoms in total. The lowest BCUT2D eigenvalue weighted by Crippen LogP contribution is -2.26. The highest BCUT2D eigenvalue weighted by Gasteiger charge is 2.28. The average molecular weight is 302 g/mol. The van der Waals surface area contributed by atoms with Crippen LogP contribution >= 0.6 is 22.6 Å². The fraction of sp³-hybridized carbons (Fsp3) is 0.300. The third-order valence-corrected chi connectivity index (χ3v) is 3.41. The van der Waals surface area contributed by atoms with Gasteiger partial charge in [0, 0.05) is 16.2 Å². The Hall–Kier alpha value is -0.620. The van der Waals surface area contributed by atoms with E-state index in [9.17, 15) is 4.79 Å². The summed E-state index contributed by atoms with van der Waals surface area (Å²) in [5.41, 5.74) is 1.17. The van der Waals surface area contributed by atoms with Crippen LogP contribution in [0.4, 0.5) is 0 Å². The minimum absolute atomic E-state index is 0.0376. The third kappa shape index (κ3) is 1.64. The molecule has 0 aliphatic carbocycles. The van der Waals surface area contributed by atoms with E-state index in [-0.39, 0.29) is 12.1 Å². The average Bonchev–Trinajstić information content (AvgIpc) is 2.49. The van der Waals surface area contributed by atoms with Crippen LogP contribution in [-0.4, -0.2) is 24.4 Å². The summed E-state index contributed by atoms with van der Waals surface area (Å²) in [6.45, 7) is 0.437. The van der Waals surface area contributed by atoms with Gasteiger partial charge in [-0.3, -0.25) is 10.1 Å². The Morgan fingerprint density at radius 2 is 2.21 bits per heavy atom. The van der Waals surface area contributed by atoms with Gasteiger partial charge in [0.25, 0.3) is 0 Å². The molecule has 0 aromatic heterocycles. The van der Waals surface area contributed by atoms with Gasteiger partial charge in [0.2, 0.25) is 5.91 Å². The molecular weight excluding hydrogens is 291 g/mol. The van der Waals surface area contributed by atoms with E-state index in [0.717, 1.165) is 0 Å². The van der Waals surface area contributed by atoms with Crippen LogP contribution in [0.2, 0.25) is 0 Å². The first-order valence-corrected chi connectivity index (χ1v) is 5.51. The molecule has 74 valence electrons. The van der Waals surface area contributed by atoms with E-state index in [1.165, 1.54) is 9.13 Å². The van der Waals surface area contributed by atoms with E-state index in [1.54, 1.807) is 4.90 Å². The summed E-state index contributed by atoms with van der Waals surface area (Å²) < 4.78 is 1.18. The van der Waals surface area contributed by atoms with Crippen molar-refractivity contribution in [2.75, 3.05) is 13.6 Å². The lowest BCUT2D eigenvalue weighted by molar-refractivity contribution is -0.126. The zero-order valence-corrected chi connectivity index (χ0v) is 9.98. The van der Waals surface area contributed by atoms with Crippen LogP contribution < -0.4 is 5.32 Å². The molecule has 1 unspecified atom stereocenters. The highest BCUT2D eigenvalue weighted by molar-refractivity contribution is 14.1. The third-order valence-electron chi connectivity index (χ3n) is 2.43. The van der Waals surface area contributed by atoms with Gasteiger partial charge in [-0.1, -0.05) is 18.2 Å². The number of nitrogens with one attached hydrogen (secondary N) is 1. The predicted octanol–water partition coefficient (Wildman–Crippen LogP) is 1.35. The molecule has 1 heterocycles. The van der Waals surface area contributed by atoms with Gasteiger partial charge in [-0.15, -0.1) is 0 Å². The summed E-state index contributed by atoms with van der Waals surface area (Å²) in [6.07, 6.45) is 0.0376. The topological polar surface area (TPSA) is 32.3 Å². The lowest BCUT2D eigenvalue weighted by Gasteiger charge is -2.20. The quantitative estimate of drug-likeness (QED) is 0.794. The van der Waals surface area contributed by atoms with E-state index in [2.05, 4.69) is 34.0 Å². The summed E-state index contributed by atoms with van der Waals surface area (Å²) in [5, 5.41) is 3.18. The second kappa shape index (κ2) is 3.86. The minimum atomic E-state index is 0.0376. The summed E-state index contributed by atoms with van der Waals surface area (Å²) in [6, 6.07) is 8.10. The fourth-order valence-corrected chi connectivity index (χ4v) is 2.29. The second-order valence-electron chi connectivity index (χ2n) is 3.31. The Labute approximate surface area is 96.6 Å². The van der Waals surface area contributed by atoms with Crippen LogP contribution in [-0.2, 0) is 4.79 Å². The molecule has 1 saturated heterocycles. The predicted molar refractivity (Wildman–Crippen MR) is 62.7 cm³/mol. The van der Waals surface area contributed by atoms with Crippen molar-refractivity contribution in [1.29, 1.82) is 0 Å². The maximum atomic E-state index is 11.3. The van der Waals surface area contributed by atoms with Crippen molar-refractivity contribution in [3.8, 4) is 0 Å². The van der Waals surface area contributed by atoms with Gasteiger partial charge in [0.15, 0.2) is 0 Å². The summed E-state index contributed by atoms with van der Waals surface area (Å²) in [5.74, 6) is 0.148. The van der Waals surface area contributed by atoms with E-state index >= 15 is 0 Å². The maximum Gasteiger partial charge on any atom is 0.237 e. The number of rotatable bonds is 1. The van der Waals surface area contributed by atoms with Crippen LogP contribution in [0.1, 0.15) is 11.7 Å². The molecule has 1 aromatic carbocycles. The first-order valence-electron chi connectivity index (χ1n) is 4.43. The van der Waals surface area contributed by atoms with E-state index in [1.807, 2.05) is 25.2 Å². The zero-order valence-electron chi connectivity index (χ0n) is 7.83. The number of nitrogens with zero attached hydrogens (tertiary/aromatic N) is 1. The molecule has 0 spiro atoms. The SMILES string of the molecule is CN1C(=O)CNC1c1ccccc1I. The normalized spacial score (nSPS) is 21.7. The van der Waals surface area contributed by atoms with Crippen LogP contribution in [0.25, 0.3) is 0 Å². The monoisotopic (exact) mass is 302 g/mol. The van der Waals surface area contributed by atoms with Gasteiger partial charge in [-0.25, -0.2) is 0 Å². The van der Waals surface area contributed by atoms with Crippen LogP contribution in [0, 0.1) is 3.57 Å². The van der Waals surface area contributed by atoms with Gasteiger partial charge >= 0.3 is 0 Å². The van der Waals surface area contributed by atoms with E-state index in [4.69, 9.17) is 0 Å². The first kappa shape index (κ1) is 9.92. The first-order chi connectivity index (χ1) is 6.70. The summed E-state index contributed by atoms with van der Waals surface area (Å²) >= 11 is 2.29. The molecule has 0 bridgehead atoms. The Bertz CT molecular complexity index is 367. The van der Waals surface area contributed by atoms with E-state index in [0.29, 0.717) is 6.54 Å². The molecule has 1 atom stereocenters. The lowest BCUT2D eigenvalue weighted by atomic mass is 10.2. The van der Waals surface area contributed by atoms with Crippen molar-refractivity contribution >= 4 is 28.5 Å². The number of benzene rings is 1. The molecule has 0 saturated carbocycles. The van der Waals surface area contributed by atoms with Crippen molar-refractivity contribution in [2.24, 2.45) is 0 Å². The van der Waals surface area contributed by atoms with Crippen molar-refractivity contribution < 1.29 is 4.79 Å². The maximum absolute atomic E-state index is 11.3. The Morgan fingerprint density at radius 3 is 2.79 bits per heavy atom. The van der Waals surface area contributed by atoms with Gasteiger partial charge in [-0.2, -0.15) is 0 Å². The van der Waals surface area contributed by atoms with Crippen LogP contribution in [0.5, 0.6) is 0 Å². The number of likely N-dealkylation sites (N-methyl/N-ethyl adjacent to an activating group) is 1. The zero-order chi connectivity index (χ0) is 10.1. The molecule has 1 aliphatic rings. The Morgan fingerprint density at radius 1 is 1.50 bits per heavy atom. The number of carbonyl (C=O) groups excluding carboxylic acids is 1. The standard InChI is InChI=1S/C10H11IN2O/c1-13-9(14)6-12-10(13)7-4-2-3-5-8(7)11/h2-5,10,12H,6H2,1H3. The molecule has 1 fully saturated rings. The minimum Gasteiger partial charge on any atom is -0.325 e. The molecule has 14 heavy (non-hydrogen) atoms. The van der Waals surface area contributed by atoms with Crippen molar-refractivity contribution in [2.45, 2.75) is 6.17 Å². The van der Waals surface area contributed by atoms with Crippen LogP contribution in [0.3, 0.4) is 0 Å². The number of halogens is 1.